The number of carbonyl (C=O) groups is 2. The zero-order valence-corrected chi connectivity index (χ0v) is 11.6. The SMILES string of the molecule is CCOC(=O)C1CCN(C(=O)C2CCCCO2)CC1. The Morgan fingerprint density at radius 3 is 2.53 bits per heavy atom. The van der Waals surface area contributed by atoms with Crippen molar-refractivity contribution in [3.05, 3.63) is 0 Å². The van der Waals surface area contributed by atoms with Gasteiger partial charge in [0.25, 0.3) is 5.91 Å². The summed E-state index contributed by atoms with van der Waals surface area (Å²) in [6, 6.07) is 0. The molecular weight excluding hydrogens is 246 g/mol. The van der Waals surface area contributed by atoms with Gasteiger partial charge in [-0.05, 0) is 39.0 Å². The molecule has 0 aromatic heterocycles. The van der Waals surface area contributed by atoms with E-state index in [0.29, 0.717) is 39.1 Å². The molecule has 19 heavy (non-hydrogen) atoms. The third-order valence-electron chi connectivity index (χ3n) is 3.88. The number of carbonyl (C=O) groups excluding carboxylic acids is 2. The third kappa shape index (κ3) is 3.69. The van der Waals surface area contributed by atoms with Crippen molar-refractivity contribution < 1.29 is 19.1 Å². The summed E-state index contributed by atoms with van der Waals surface area (Å²) in [6.45, 7) is 4.21. The highest BCUT2D eigenvalue weighted by Gasteiger charge is 2.32. The molecule has 0 saturated carbocycles. The Morgan fingerprint density at radius 1 is 1.21 bits per heavy atom. The highest BCUT2D eigenvalue weighted by Crippen LogP contribution is 2.22. The molecule has 2 aliphatic heterocycles. The predicted molar refractivity (Wildman–Crippen MR) is 69.5 cm³/mol. The number of nitrogens with zero attached hydrogens (tertiary/aromatic N) is 1. The number of esters is 1. The lowest BCUT2D eigenvalue weighted by Gasteiger charge is -2.34. The lowest BCUT2D eigenvalue weighted by molar-refractivity contribution is -0.154. The van der Waals surface area contributed by atoms with E-state index >= 15 is 0 Å². The van der Waals surface area contributed by atoms with Crippen LogP contribution in [0.2, 0.25) is 0 Å². The van der Waals surface area contributed by atoms with E-state index in [1.807, 2.05) is 11.8 Å². The van der Waals surface area contributed by atoms with Crippen molar-refractivity contribution in [1.82, 2.24) is 4.90 Å². The van der Waals surface area contributed by atoms with Crippen LogP contribution in [0.1, 0.15) is 39.0 Å². The average Bonchev–Trinajstić information content (AvgIpc) is 2.48. The van der Waals surface area contributed by atoms with Crippen LogP contribution in [0, 0.1) is 5.92 Å². The number of rotatable bonds is 3. The molecule has 1 atom stereocenters. The second kappa shape index (κ2) is 6.89. The van der Waals surface area contributed by atoms with E-state index in [4.69, 9.17) is 9.47 Å². The van der Waals surface area contributed by atoms with Crippen LogP contribution in [0.5, 0.6) is 0 Å². The van der Waals surface area contributed by atoms with E-state index in [2.05, 4.69) is 0 Å². The van der Waals surface area contributed by atoms with Gasteiger partial charge in [-0.3, -0.25) is 9.59 Å². The van der Waals surface area contributed by atoms with E-state index < -0.39 is 0 Å². The molecule has 5 nitrogen and oxygen atoms in total. The van der Waals surface area contributed by atoms with Gasteiger partial charge < -0.3 is 14.4 Å². The summed E-state index contributed by atoms with van der Waals surface area (Å²) >= 11 is 0. The van der Waals surface area contributed by atoms with E-state index in [9.17, 15) is 9.59 Å². The van der Waals surface area contributed by atoms with Crippen molar-refractivity contribution in [2.45, 2.75) is 45.1 Å². The lowest BCUT2D eigenvalue weighted by Crippen LogP contribution is -2.46. The van der Waals surface area contributed by atoms with Crippen LogP contribution in [0.15, 0.2) is 0 Å². The quantitative estimate of drug-likeness (QED) is 0.726. The topological polar surface area (TPSA) is 55.8 Å². The zero-order valence-electron chi connectivity index (χ0n) is 11.6. The van der Waals surface area contributed by atoms with Crippen LogP contribution >= 0.6 is 0 Å². The van der Waals surface area contributed by atoms with Crippen LogP contribution in [-0.2, 0) is 19.1 Å². The molecule has 2 saturated heterocycles. The van der Waals surface area contributed by atoms with E-state index in [1.165, 1.54) is 0 Å². The molecule has 2 rings (SSSR count). The van der Waals surface area contributed by atoms with Crippen molar-refractivity contribution >= 4 is 11.9 Å². The molecule has 0 N–H and O–H groups in total. The molecule has 0 radical (unpaired) electrons. The van der Waals surface area contributed by atoms with E-state index in [1.54, 1.807) is 0 Å². The number of piperidine rings is 1. The van der Waals surface area contributed by atoms with Crippen LogP contribution in [-0.4, -0.2) is 49.2 Å². The first-order chi connectivity index (χ1) is 9.22. The van der Waals surface area contributed by atoms with Crippen molar-refractivity contribution in [3.8, 4) is 0 Å². The summed E-state index contributed by atoms with van der Waals surface area (Å²) in [7, 11) is 0. The Hall–Kier alpha value is -1.10. The maximum atomic E-state index is 12.2. The van der Waals surface area contributed by atoms with Gasteiger partial charge in [-0.15, -0.1) is 0 Å². The summed E-state index contributed by atoms with van der Waals surface area (Å²) in [5, 5.41) is 0. The first-order valence-electron chi connectivity index (χ1n) is 7.29. The minimum atomic E-state index is -0.257. The molecule has 5 heteroatoms. The highest BCUT2D eigenvalue weighted by atomic mass is 16.5. The Bertz CT molecular complexity index is 317. The zero-order chi connectivity index (χ0) is 13.7. The van der Waals surface area contributed by atoms with Gasteiger partial charge in [0.05, 0.1) is 12.5 Å². The normalized spacial score (nSPS) is 25.1. The molecule has 0 aromatic carbocycles. The van der Waals surface area contributed by atoms with Gasteiger partial charge in [-0.25, -0.2) is 0 Å². The molecule has 2 heterocycles. The van der Waals surface area contributed by atoms with Crippen LogP contribution in [0.4, 0.5) is 0 Å². The second-order valence-corrected chi connectivity index (χ2v) is 5.21. The molecule has 1 unspecified atom stereocenters. The fraction of sp³-hybridized carbons (Fsp3) is 0.857. The van der Waals surface area contributed by atoms with Gasteiger partial charge in [-0.2, -0.15) is 0 Å². The summed E-state index contributed by atoms with van der Waals surface area (Å²) in [4.78, 5) is 25.7. The first kappa shape index (κ1) is 14.3. The highest BCUT2D eigenvalue weighted by molar-refractivity contribution is 5.81. The minimum Gasteiger partial charge on any atom is -0.466 e. The lowest BCUT2D eigenvalue weighted by atomic mass is 9.96. The smallest absolute Gasteiger partial charge is 0.309 e. The van der Waals surface area contributed by atoms with E-state index in [0.717, 1.165) is 19.3 Å². The Labute approximate surface area is 114 Å². The van der Waals surface area contributed by atoms with Gasteiger partial charge in [0, 0.05) is 19.7 Å². The minimum absolute atomic E-state index is 0.0451. The summed E-state index contributed by atoms with van der Waals surface area (Å²) in [5.41, 5.74) is 0. The monoisotopic (exact) mass is 269 g/mol. The molecule has 0 aliphatic carbocycles. The maximum absolute atomic E-state index is 12.2. The molecule has 0 aromatic rings. The number of ether oxygens (including phenoxy) is 2. The molecular formula is C14H23NO4. The predicted octanol–water partition coefficient (Wildman–Crippen LogP) is 1.36. The Balaban J connectivity index is 1.79. The van der Waals surface area contributed by atoms with Gasteiger partial charge in [-0.1, -0.05) is 0 Å². The number of amides is 1. The Kier molecular flexibility index (Phi) is 5.19. The standard InChI is InChI=1S/C14H23NO4/c1-2-18-14(17)11-6-8-15(9-7-11)13(16)12-5-3-4-10-19-12/h11-12H,2-10H2,1H3. The molecule has 0 bridgehead atoms. The van der Waals surface area contributed by atoms with Gasteiger partial charge >= 0.3 is 5.97 Å². The van der Waals surface area contributed by atoms with Gasteiger partial charge in [0.15, 0.2) is 0 Å². The fourth-order valence-corrected chi connectivity index (χ4v) is 2.73. The molecule has 1 amide bonds. The van der Waals surface area contributed by atoms with Crippen molar-refractivity contribution in [1.29, 1.82) is 0 Å². The summed E-state index contributed by atoms with van der Waals surface area (Å²) < 4.78 is 10.5. The number of likely N-dealkylation sites (tertiary alicyclic amines) is 1. The van der Waals surface area contributed by atoms with E-state index in [-0.39, 0.29) is 23.9 Å². The first-order valence-corrected chi connectivity index (χ1v) is 7.29. The second-order valence-electron chi connectivity index (χ2n) is 5.21. The summed E-state index contributed by atoms with van der Waals surface area (Å²) in [6.07, 6.45) is 4.10. The maximum Gasteiger partial charge on any atom is 0.309 e. The van der Waals surface area contributed by atoms with Crippen LogP contribution < -0.4 is 0 Å². The molecule has 108 valence electrons. The largest absolute Gasteiger partial charge is 0.466 e. The fourth-order valence-electron chi connectivity index (χ4n) is 2.73. The van der Waals surface area contributed by atoms with Crippen molar-refractivity contribution in [2.75, 3.05) is 26.3 Å². The van der Waals surface area contributed by atoms with Gasteiger partial charge in [0.2, 0.25) is 0 Å². The third-order valence-corrected chi connectivity index (χ3v) is 3.88. The molecule has 2 fully saturated rings. The van der Waals surface area contributed by atoms with Crippen LogP contribution in [0.3, 0.4) is 0 Å². The molecule has 0 spiro atoms. The summed E-state index contributed by atoms with van der Waals surface area (Å²) in [5.74, 6) is -0.0678. The van der Waals surface area contributed by atoms with Crippen molar-refractivity contribution in [2.24, 2.45) is 5.92 Å². The van der Waals surface area contributed by atoms with Crippen molar-refractivity contribution in [3.63, 3.8) is 0 Å². The average molecular weight is 269 g/mol. The van der Waals surface area contributed by atoms with Crippen LogP contribution in [0.25, 0.3) is 0 Å². The Morgan fingerprint density at radius 2 is 1.95 bits per heavy atom. The van der Waals surface area contributed by atoms with Gasteiger partial charge in [0.1, 0.15) is 6.10 Å². The molecule has 2 aliphatic rings. The number of hydrogen-bond donors (Lipinski definition) is 0. The number of hydrogen-bond acceptors (Lipinski definition) is 4.